The summed E-state index contributed by atoms with van der Waals surface area (Å²) >= 11 is 0. The van der Waals surface area contributed by atoms with Crippen LogP contribution < -0.4 is 0 Å². The quantitative estimate of drug-likeness (QED) is 0.0147. The number of esters is 2. The molecule has 6 N–H and O–H groups in total. The summed E-state index contributed by atoms with van der Waals surface area (Å²) in [5.74, 6) is -1.17. The van der Waals surface area contributed by atoms with Gasteiger partial charge in [-0.3, -0.25) is 18.6 Å². The maximum absolute atomic E-state index is 12.8. The molecule has 63 heavy (non-hydrogen) atoms. The third kappa shape index (κ3) is 31.2. The molecule has 6 unspecified atom stereocenters. The van der Waals surface area contributed by atoms with Gasteiger partial charge in [-0.15, -0.1) is 0 Å². The topological polar surface area (TPSA) is 210 Å². The summed E-state index contributed by atoms with van der Waals surface area (Å²) in [5.41, 5.74) is 0. The van der Waals surface area contributed by atoms with Crippen LogP contribution in [0.2, 0.25) is 0 Å². The number of hydrogen-bond acceptors (Lipinski definition) is 12. The second kappa shape index (κ2) is 38.8. The molecule has 0 radical (unpaired) electrons. The fourth-order valence-corrected chi connectivity index (χ4v) is 7.89. The maximum atomic E-state index is 12.8. The van der Waals surface area contributed by atoms with E-state index in [4.69, 9.17) is 18.5 Å². The summed E-state index contributed by atoms with van der Waals surface area (Å²) in [6.45, 7) is 3.22. The number of hydrogen-bond donors (Lipinski definition) is 6. The van der Waals surface area contributed by atoms with Gasteiger partial charge in [-0.25, -0.2) is 4.57 Å². The second-order valence-electron chi connectivity index (χ2n) is 16.6. The SMILES string of the molecule is CCCCC/C=C/C/C=C/C/C=C/C/C=C/CCCC(=O)O[C@@H](COC(=O)CCCCCCCCCCC/C=C/CCCCCC)COP(=O)(O)OC1C(O)C(O)C(O)[C@H](O)C1O. The van der Waals surface area contributed by atoms with Gasteiger partial charge in [0.15, 0.2) is 6.10 Å². The van der Waals surface area contributed by atoms with Gasteiger partial charge in [0.25, 0.3) is 0 Å². The minimum Gasteiger partial charge on any atom is -0.462 e. The third-order valence-corrected chi connectivity index (χ3v) is 11.8. The summed E-state index contributed by atoms with van der Waals surface area (Å²) in [7, 11) is -5.14. The van der Waals surface area contributed by atoms with Crippen LogP contribution in [0.25, 0.3) is 0 Å². The van der Waals surface area contributed by atoms with E-state index in [0.717, 1.165) is 57.8 Å². The summed E-state index contributed by atoms with van der Waals surface area (Å²) in [4.78, 5) is 35.7. The standard InChI is InChI=1S/C49H85O13P/c1-3-5-7-9-11-13-15-17-19-21-23-25-27-29-31-33-35-37-42(50)59-39-41(40-60-63(57,58)62-49-47(55)45(53)44(52)46(54)48(49)56)61-43(51)38-36-34-32-30-28-26-24-22-20-18-16-14-12-10-8-6-4-2/h12-15,18,20,24,26,30,32,41,44-49,52-56H,3-11,16-17,19,21-23,25,27-29,31,33-40H2,1-2H3,(H,57,58)/b14-12+,15-13+,20-18+,26-24+,32-30+/t41-,44?,45-,46?,47?,48?,49?/m0/s1. The summed E-state index contributed by atoms with van der Waals surface area (Å²) in [6, 6.07) is 0. The Kier molecular flexibility index (Phi) is 36.1. The zero-order valence-corrected chi connectivity index (χ0v) is 39.5. The molecular weight excluding hydrogens is 828 g/mol. The van der Waals surface area contributed by atoms with Gasteiger partial charge in [0.1, 0.15) is 43.2 Å². The molecule has 0 amide bonds. The Morgan fingerprint density at radius 3 is 1.40 bits per heavy atom. The largest absolute Gasteiger partial charge is 0.472 e. The van der Waals surface area contributed by atoms with Gasteiger partial charge in [0.05, 0.1) is 6.61 Å². The van der Waals surface area contributed by atoms with Crippen molar-refractivity contribution in [2.24, 2.45) is 0 Å². The van der Waals surface area contributed by atoms with E-state index >= 15 is 0 Å². The van der Waals surface area contributed by atoms with Gasteiger partial charge in [0, 0.05) is 12.8 Å². The molecule has 0 saturated heterocycles. The Morgan fingerprint density at radius 1 is 0.492 bits per heavy atom. The van der Waals surface area contributed by atoms with Gasteiger partial charge in [0.2, 0.25) is 0 Å². The minimum absolute atomic E-state index is 0.0188. The normalized spacial score (nSPS) is 22.2. The van der Waals surface area contributed by atoms with E-state index < -0.39 is 75.7 Å². The molecule has 0 aromatic carbocycles. The molecule has 0 aromatic rings. The number of phosphoric acid groups is 1. The highest BCUT2D eigenvalue weighted by atomic mass is 31.2. The lowest BCUT2D eigenvalue weighted by atomic mass is 9.85. The molecule has 1 fully saturated rings. The number of carbonyl (C=O) groups is 2. The van der Waals surface area contributed by atoms with Gasteiger partial charge in [-0.1, -0.05) is 152 Å². The molecule has 0 aliphatic heterocycles. The summed E-state index contributed by atoms with van der Waals surface area (Å²) in [6.07, 6.45) is 34.2. The molecule has 0 aromatic heterocycles. The third-order valence-electron chi connectivity index (χ3n) is 10.8. The average Bonchev–Trinajstić information content (AvgIpc) is 3.26. The van der Waals surface area contributed by atoms with Crippen molar-refractivity contribution in [2.75, 3.05) is 13.2 Å². The lowest BCUT2D eigenvalue weighted by molar-refractivity contribution is -0.220. The molecule has 14 heteroatoms. The van der Waals surface area contributed by atoms with Crippen molar-refractivity contribution in [3.05, 3.63) is 60.8 Å². The van der Waals surface area contributed by atoms with Crippen LogP contribution in [-0.4, -0.2) is 98.3 Å². The number of phosphoric ester groups is 1. The molecule has 1 aliphatic carbocycles. The predicted molar refractivity (Wildman–Crippen MR) is 249 cm³/mol. The van der Waals surface area contributed by atoms with Gasteiger partial charge < -0.3 is 39.9 Å². The number of aliphatic hydroxyl groups excluding tert-OH is 5. The molecule has 364 valence electrons. The smallest absolute Gasteiger partial charge is 0.462 e. The van der Waals surface area contributed by atoms with Crippen molar-refractivity contribution in [3.8, 4) is 0 Å². The van der Waals surface area contributed by atoms with E-state index in [0.29, 0.717) is 19.3 Å². The first-order valence-electron chi connectivity index (χ1n) is 24.1. The highest BCUT2D eigenvalue weighted by Crippen LogP contribution is 2.47. The van der Waals surface area contributed by atoms with Crippen LogP contribution >= 0.6 is 7.82 Å². The highest BCUT2D eigenvalue weighted by molar-refractivity contribution is 7.47. The van der Waals surface area contributed by atoms with E-state index in [1.807, 2.05) is 12.2 Å². The van der Waals surface area contributed by atoms with E-state index in [-0.39, 0.29) is 12.8 Å². The van der Waals surface area contributed by atoms with Crippen LogP contribution in [0.15, 0.2) is 60.8 Å². The van der Waals surface area contributed by atoms with Crippen molar-refractivity contribution in [1.29, 1.82) is 0 Å². The van der Waals surface area contributed by atoms with E-state index in [9.17, 15) is 44.6 Å². The van der Waals surface area contributed by atoms with Crippen LogP contribution in [0.5, 0.6) is 0 Å². The van der Waals surface area contributed by atoms with Crippen LogP contribution in [0, 0.1) is 0 Å². The average molecular weight is 913 g/mol. The lowest BCUT2D eigenvalue weighted by Gasteiger charge is -2.41. The van der Waals surface area contributed by atoms with Crippen molar-refractivity contribution in [1.82, 2.24) is 0 Å². The molecule has 0 spiro atoms. The molecule has 0 bridgehead atoms. The first-order chi connectivity index (χ1) is 30.4. The molecule has 8 atom stereocenters. The Morgan fingerprint density at radius 2 is 0.873 bits per heavy atom. The Balaban J connectivity index is 2.48. The second-order valence-corrected chi connectivity index (χ2v) is 18.0. The van der Waals surface area contributed by atoms with Crippen LogP contribution in [0.4, 0.5) is 0 Å². The molecular formula is C49H85O13P. The highest BCUT2D eigenvalue weighted by Gasteiger charge is 2.51. The number of ether oxygens (including phenoxy) is 2. The summed E-state index contributed by atoms with van der Waals surface area (Å²) < 4.78 is 33.5. The Labute approximate surface area is 379 Å². The van der Waals surface area contributed by atoms with E-state index in [2.05, 4.69) is 62.5 Å². The van der Waals surface area contributed by atoms with Gasteiger partial charge in [-0.2, -0.15) is 0 Å². The molecule has 1 rings (SSSR count). The van der Waals surface area contributed by atoms with Gasteiger partial charge in [-0.05, 0) is 77.0 Å². The van der Waals surface area contributed by atoms with Crippen molar-refractivity contribution < 1.29 is 63.1 Å². The monoisotopic (exact) mass is 913 g/mol. The van der Waals surface area contributed by atoms with Crippen molar-refractivity contribution in [3.63, 3.8) is 0 Å². The van der Waals surface area contributed by atoms with Crippen molar-refractivity contribution in [2.45, 2.75) is 224 Å². The van der Waals surface area contributed by atoms with Crippen LogP contribution in [0.1, 0.15) is 181 Å². The number of aliphatic hydroxyl groups is 5. The summed E-state index contributed by atoms with van der Waals surface area (Å²) in [5, 5.41) is 50.2. The van der Waals surface area contributed by atoms with Crippen LogP contribution in [0.3, 0.4) is 0 Å². The van der Waals surface area contributed by atoms with E-state index in [1.54, 1.807) is 0 Å². The molecule has 1 saturated carbocycles. The number of carbonyl (C=O) groups excluding carboxylic acids is 2. The van der Waals surface area contributed by atoms with Crippen LogP contribution in [-0.2, 0) is 32.7 Å². The number of unbranched alkanes of at least 4 members (excludes halogenated alkanes) is 17. The Bertz CT molecular complexity index is 1330. The molecule has 0 heterocycles. The lowest BCUT2D eigenvalue weighted by Crippen LogP contribution is -2.64. The first-order valence-corrected chi connectivity index (χ1v) is 25.6. The number of rotatable bonds is 39. The Hall–Kier alpha value is -2.45. The zero-order chi connectivity index (χ0) is 46.4. The minimum atomic E-state index is -5.14. The zero-order valence-electron chi connectivity index (χ0n) is 38.6. The van der Waals surface area contributed by atoms with Crippen molar-refractivity contribution >= 4 is 19.8 Å². The van der Waals surface area contributed by atoms with Gasteiger partial charge >= 0.3 is 19.8 Å². The fraction of sp³-hybridized carbons (Fsp3) is 0.755. The maximum Gasteiger partial charge on any atom is 0.472 e. The van der Waals surface area contributed by atoms with E-state index in [1.165, 1.54) is 77.0 Å². The predicted octanol–water partition coefficient (Wildman–Crippen LogP) is 9.73. The molecule has 1 aliphatic rings. The molecule has 13 nitrogen and oxygen atoms in total. The number of allylic oxidation sites excluding steroid dienone is 10. The fourth-order valence-electron chi connectivity index (χ4n) is 6.92. The first kappa shape index (κ1) is 58.6.